The molecular formula is C7H8NO2S. The molecule has 0 unspecified atom stereocenters. The number of methoxy groups -OCH3 is 1. The Hall–Kier alpha value is -0.450. The third-order valence-electron chi connectivity index (χ3n) is 1.90. The topological polar surface area (TPSA) is 31.4 Å². The average molecular weight is 170 g/mol. The van der Waals surface area contributed by atoms with E-state index in [1.807, 2.05) is 0 Å². The van der Waals surface area contributed by atoms with E-state index in [0.717, 1.165) is 4.88 Å². The first-order valence-electron chi connectivity index (χ1n) is 3.33. The Bertz CT molecular complexity index is 225. The zero-order valence-electron chi connectivity index (χ0n) is 6.16. The van der Waals surface area contributed by atoms with Crippen molar-refractivity contribution >= 4 is 11.3 Å². The molecule has 0 bridgehead atoms. The number of rotatable bonds is 2. The minimum atomic E-state index is -0.211. The van der Waals surface area contributed by atoms with Crippen molar-refractivity contribution in [1.82, 2.24) is 4.98 Å². The lowest BCUT2D eigenvalue weighted by Gasteiger charge is -2.38. The summed E-state index contributed by atoms with van der Waals surface area (Å²) < 4.78 is 10.4. The standard InChI is InChI=1S/C7H8NO2S/c1-9-7(3-10-4-7)6-2-8-5-11-6/h2H,3-4H2,1H3. The number of hydrogen-bond donors (Lipinski definition) is 0. The van der Waals surface area contributed by atoms with Crippen molar-refractivity contribution in [2.45, 2.75) is 5.60 Å². The molecule has 1 radical (unpaired) electrons. The zero-order chi connectivity index (χ0) is 7.73. The molecule has 3 nitrogen and oxygen atoms in total. The van der Waals surface area contributed by atoms with E-state index in [4.69, 9.17) is 9.47 Å². The number of aromatic nitrogens is 1. The predicted molar refractivity (Wildman–Crippen MR) is 40.5 cm³/mol. The first-order chi connectivity index (χ1) is 5.37. The normalized spacial score (nSPS) is 21.2. The molecule has 59 valence electrons. The van der Waals surface area contributed by atoms with Crippen LogP contribution in [0.5, 0.6) is 0 Å². The highest BCUT2D eigenvalue weighted by atomic mass is 32.1. The Labute approximate surface area is 69.0 Å². The quantitative estimate of drug-likeness (QED) is 0.658. The lowest BCUT2D eigenvalue weighted by atomic mass is 10.0. The van der Waals surface area contributed by atoms with E-state index in [0.29, 0.717) is 13.2 Å². The van der Waals surface area contributed by atoms with Crippen LogP contribution < -0.4 is 0 Å². The molecule has 1 aliphatic heterocycles. The van der Waals surface area contributed by atoms with Crippen molar-refractivity contribution in [3.63, 3.8) is 0 Å². The highest BCUT2D eigenvalue weighted by Gasteiger charge is 2.41. The summed E-state index contributed by atoms with van der Waals surface area (Å²) in [5.41, 5.74) is 2.58. The second-order valence-corrected chi connectivity index (χ2v) is 3.33. The van der Waals surface area contributed by atoms with Crippen LogP contribution in [0, 0.1) is 5.51 Å². The summed E-state index contributed by atoms with van der Waals surface area (Å²) in [6, 6.07) is 0. The third-order valence-corrected chi connectivity index (χ3v) is 2.79. The molecule has 0 saturated carbocycles. The Kier molecular flexibility index (Phi) is 1.67. The molecule has 2 heterocycles. The number of nitrogens with zero attached hydrogens (tertiary/aromatic N) is 1. The Morgan fingerprint density at radius 3 is 3.00 bits per heavy atom. The van der Waals surface area contributed by atoms with Crippen LogP contribution in [0.1, 0.15) is 4.88 Å². The lowest BCUT2D eigenvalue weighted by Crippen LogP contribution is -2.47. The van der Waals surface area contributed by atoms with Crippen molar-refractivity contribution < 1.29 is 9.47 Å². The van der Waals surface area contributed by atoms with E-state index < -0.39 is 0 Å². The molecule has 1 aromatic rings. The predicted octanol–water partition coefficient (Wildman–Crippen LogP) is 0.815. The summed E-state index contributed by atoms with van der Waals surface area (Å²) in [4.78, 5) is 4.98. The summed E-state index contributed by atoms with van der Waals surface area (Å²) in [6.07, 6.45) is 1.79. The second-order valence-electron chi connectivity index (χ2n) is 2.51. The monoisotopic (exact) mass is 170 g/mol. The molecular weight excluding hydrogens is 162 g/mol. The highest BCUT2D eigenvalue weighted by Crippen LogP contribution is 2.34. The second kappa shape index (κ2) is 2.55. The van der Waals surface area contributed by atoms with Gasteiger partial charge in [-0.25, -0.2) is 4.98 Å². The smallest absolute Gasteiger partial charge is 0.152 e. The van der Waals surface area contributed by atoms with Gasteiger partial charge in [-0.3, -0.25) is 0 Å². The molecule has 2 rings (SSSR count). The van der Waals surface area contributed by atoms with Crippen molar-refractivity contribution in [1.29, 1.82) is 0 Å². The maximum absolute atomic E-state index is 5.34. The van der Waals surface area contributed by atoms with Gasteiger partial charge in [0.25, 0.3) is 0 Å². The van der Waals surface area contributed by atoms with Gasteiger partial charge in [-0.15, -0.1) is 11.3 Å². The van der Waals surface area contributed by atoms with Crippen molar-refractivity contribution in [2.75, 3.05) is 20.3 Å². The third kappa shape index (κ3) is 0.982. The fraction of sp³-hybridized carbons (Fsp3) is 0.571. The Balaban J connectivity index is 2.25. The molecule has 0 aliphatic carbocycles. The van der Waals surface area contributed by atoms with E-state index in [2.05, 4.69) is 10.5 Å². The lowest BCUT2D eigenvalue weighted by molar-refractivity contribution is -0.200. The summed E-state index contributed by atoms with van der Waals surface area (Å²) in [5, 5.41) is 0. The van der Waals surface area contributed by atoms with Crippen LogP contribution in [0.15, 0.2) is 6.20 Å². The maximum Gasteiger partial charge on any atom is 0.152 e. The van der Waals surface area contributed by atoms with Gasteiger partial charge in [-0.1, -0.05) is 0 Å². The summed E-state index contributed by atoms with van der Waals surface area (Å²) in [7, 11) is 1.70. The van der Waals surface area contributed by atoms with E-state index >= 15 is 0 Å². The number of hydrogen-bond acceptors (Lipinski definition) is 4. The van der Waals surface area contributed by atoms with Crippen LogP contribution in [0.2, 0.25) is 0 Å². The summed E-state index contributed by atoms with van der Waals surface area (Å²) in [5.74, 6) is 0. The summed E-state index contributed by atoms with van der Waals surface area (Å²) in [6.45, 7) is 1.28. The van der Waals surface area contributed by atoms with Gasteiger partial charge < -0.3 is 9.47 Å². The van der Waals surface area contributed by atoms with Gasteiger partial charge in [-0.2, -0.15) is 0 Å². The molecule has 0 spiro atoms. The van der Waals surface area contributed by atoms with E-state index in [9.17, 15) is 0 Å². The first kappa shape index (κ1) is 7.21. The van der Waals surface area contributed by atoms with Crippen molar-refractivity contribution in [2.24, 2.45) is 0 Å². The zero-order valence-corrected chi connectivity index (χ0v) is 6.98. The minimum Gasteiger partial charge on any atom is -0.374 e. The van der Waals surface area contributed by atoms with Crippen LogP contribution in [-0.2, 0) is 15.1 Å². The fourth-order valence-electron chi connectivity index (χ4n) is 1.05. The average Bonchev–Trinajstić information content (AvgIpc) is 2.39. The van der Waals surface area contributed by atoms with Gasteiger partial charge in [0.2, 0.25) is 0 Å². The fourth-order valence-corrected chi connectivity index (χ4v) is 1.74. The molecule has 11 heavy (non-hydrogen) atoms. The molecule has 4 heteroatoms. The SMILES string of the molecule is COC1(c2cn[c]s2)COC1. The van der Waals surface area contributed by atoms with E-state index in [1.54, 1.807) is 13.3 Å². The largest absolute Gasteiger partial charge is 0.374 e. The molecule has 0 atom stereocenters. The van der Waals surface area contributed by atoms with Crippen molar-refractivity contribution in [3.8, 4) is 0 Å². The van der Waals surface area contributed by atoms with Gasteiger partial charge in [0.1, 0.15) is 5.60 Å². The van der Waals surface area contributed by atoms with E-state index in [1.165, 1.54) is 11.3 Å². The molecule has 1 saturated heterocycles. The summed E-state index contributed by atoms with van der Waals surface area (Å²) >= 11 is 1.49. The molecule has 1 fully saturated rings. The highest BCUT2D eigenvalue weighted by molar-refractivity contribution is 7.09. The molecule has 1 aliphatic rings. The van der Waals surface area contributed by atoms with E-state index in [-0.39, 0.29) is 5.60 Å². The van der Waals surface area contributed by atoms with Crippen LogP contribution >= 0.6 is 11.3 Å². The Morgan fingerprint density at radius 1 is 1.82 bits per heavy atom. The maximum atomic E-state index is 5.34. The molecule has 1 aromatic heterocycles. The van der Waals surface area contributed by atoms with Gasteiger partial charge in [0.15, 0.2) is 5.51 Å². The number of thiazole rings is 1. The van der Waals surface area contributed by atoms with Gasteiger partial charge in [0, 0.05) is 13.3 Å². The van der Waals surface area contributed by atoms with Gasteiger partial charge in [-0.05, 0) is 0 Å². The van der Waals surface area contributed by atoms with Gasteiger partial charge in [0.05, 0.1) is 18.1 Å². The van der Waals surface area contributed by atoms with Crippen LogP contribution in [0.25, 0.3) is 0 Å². The minimum absolute atomic E-state index is 0.211. The number of ether oxygens (including phenoxy) is 2. The van der Waals surface area contributed by atoms with Crippen LogP contribution in [0.4, 0.5) is 0 Å². The van der Waals surface area contributed by atoms with Crippen LogP contribution in [-0.4, -0.2) is 25.3 Å². The van der Waals surface area contributed by atoms with Crippen molar-refractivity contribution in [3.05, 3.63) is 16.6 Å². The molecule has 0 amide bonds. The molecule has 0 aromatic carbocycles. The first-order valence-corrected chi connectivity index (χ1v) is 4.14. The molecule has 0 N–H and O–H groups in total. The van der Waals surface area contributed by atoms with Crippen LogP contribution in [0.3, 0.4) is 0 Å². The van der Waals surface area contributed by atoms with Gasteiger partial charge >= 0.3 is 0 Å². The Morgan fingerprint density at radius 2 is 2.64 bits per heavy atom.